The molecule has 1 heterocycles. The zero-order chi connectivity index (χ0) is 23.3. The van der Waals surface area contributed by atoms with Crippen molar-refractivity contribution in [2.24, 2.45) is 5.10 Å². The monoisotopic (exact) mass is 563 g/mol. The van der Waals surface area contributed by atoms with E-state index in [0.717, 1.165) is 27.4 Å². The molecule has 0 bridgehead atoms. The second kappa shape index (κ2) is 11.1. The largest absolute Gasteiger partial charge is 0.490 e. The van der Waals surface area contributed by atoms with Gasteiger partial charge in [-0.3, -0.25) is 4.79 Å². The Morgan fingerprint density at radius 3 is 2.62 bits per heavy atom. The van der Waals surface area contributed by atoms with Gasteiger partial charge in [-0.15, -0.1) is 0 Å². The smallest absolute Gasteiger partial charge is 0.282 e. The van der Waals surface area contributed by atoms with E-state index in [2.05, 4.69) is 48.9 Å². The van der Waals surface area contributed by atoms with Crippen molar-refractivity contribution in [3.63, 3.8) is 0 Å². The fourth-order valence-corrected chi connectivity index (χ4v) is 3.92. The van der Waals surface area contributed by atoms with E-state index in [0.29, 0.717) is 41.3 Å². The van der Waals surface area contributed by atoms with Crippen LogP contribution in [-0.4, -0.2) is 28.6 Å². The Kier molecular flexibility index (Phi) is 8.48. The van der Waals surface area contributed by atoms with Gasteiger partial charge in [0.15, 0.2) is 11.5 Å². The van der Waals surface area contributed by atoms with Gasteiger partial charge in [0, 0.05) is 20.9 Å². The number of nitrogens with zero attached hydrogens (tertiary/aromatic N) is 3. The van der Waals surface area contributed by atoms with Crippen LogP contribution in [0, 0.1) is 0 Å². The van der Waals surface area contributed by atoms with Crippen LogP contribution >= 0.6 is 31.9 Å². The van der Waals surface area contributed by atoms with Gasteiger partial charge >= 0.3 is 0 Å². The molecule has 0 spiro atoms. The summed E-state index contributed by atoms with van der Waals surface area (Å²) in [5, 5.41) is 5.03. The summed E-state index contributed by atoms with van der Waals surface area (Å²) < 4.78 is 14.8. The number of benzene rings is 2. The molecule has 1 aromatic heterocycles. The summed E-state index contributed by atoms with van der Waals surface area (Å²) >= 11 is 7.03. The Hall–Kier alpha value is -2.19. The van der Waals surface area contributed by atoms with Crippen molar-refractivity contribution in [2.75, 3.05) is 6.61 Å². The van der Waals surface area contributed by atoms with Crippen LogP contribution in [0.25, 0.3) is 10.9 Å². The number of aryl methyl sites for hydroxylation is 1. The lowest BCUT2D eigenvalue weighted by atomic mass is 10.2. The summed E-state index contributed by atoms with van der Waals surface area (Å²) in [5.41, 5.74) is 1.24. The van der Waals surface area contributed by atoms with E-state index in [9.17, 15) is 4.79 Å². The number of hydrogen-bond acceptors (Lipinski definition) is 5. The Labute approximate surface area is 204 Å². The van der Waals surface area contributed by atoms with Gasteiger partial charge < -0.3 is 9.47 Å². The first kappa shape index (κ1) is 24.5. The van der Waals surface area contributed by atoms with Crippen molar-refractivity contribution in [2.45, 2.75) is 53.1 Å². The number of ether oxygens (including phenoxy) is 2. The molecule has 0 saturated heterocycles. The Bertz CT molecular complexity index is 1190. The lowest BCUT2D eigenvalue weighted by Gasteiger charge is -2.17. The summed E-state index contributed by atoms with van der Waals surface area (Å²) in [4.78, 5) is 17.9. The first-order chi connectivity index (χ1) is 15.4. The minimum Gasteiger partial charge on any atom is -0.490 e. The van der Waals surface area contributed by atoms with Gasteiger partial charge in [0.05, 0.1) is 29.8 Å². The molecule has 0 fully saturated rings. The molecule has 0 aliphatic rings. The molecule has 0 radical (unpaired) electrons. The van der Waals surface area contributed by atoms with Crippen molar-refractivity contribution in [1.29, 1.82) is 0 Å². The summed E-state index contributed by atoms with van der Waals surface area (Å²) in [5.74, 6) is 1.94. The zero-order valence-electron chi connectivity index (χ0n) is 18.7. The van der Waals surface area contributed by atoms with Gasteiger partial charge in [0.25, 0.3) is 5.56 Å². The number of fused-ring (bicyclic) bond motifs is 1. The minimum absolute atomic E-state index is 0.0683. The Balaban J connectivity index is 2.08. The van der Waals surface area contributed by atoms with Gasteiger partial charge in [-0.2, -0.15) is 9.78 Å². The van der Waals surface area contributed by atoms with Crippen LogP contribution in [0.3, 0.4) is 0 Å². The molecule has 3 aromatic rings. The van der Waals surface area contributed by atoms with Gasteiger partial charge in [0.2, 0.25) is 0 Å². The van der Waals surface area contributed by atoms with Gasteiger partial charge in [-0.1, -0.05) is 29.8 Å². The molecule has 170 valence electrons. The third kappa shape index (κ3) is 5.59. The third-order valence-electron chi connectivity index (χ3n) is 4.93. The molecule has 0 aliphatic carbocycles. The summed E-state index contributed by atoms with van der Waals surface area (Å²) in [6, 6.07) is 9.24. The first-order valence-corrected chi connectivity index (χ1v) is 12.3. The maximum Gasteiger partial charge on any atom is 0.282 e. The van der Waals surface area contributed by atoms with E-state index in [1.807, 2.05) is 45.0 Å². The molecule has 0 unspecified atom stereocenters. The first-order valence-electron chi connectivity index (χ1n) is 10.8. The molecule has 0 aliphatic heterocycles. The topological polar surface area (TPSA) is 65.7 Å². The highest BCUT2D eigenvalue weighted by Crippen LogP contribution is 2.34. The van der Waals surface area contributed by atoms with E-state index >= 15 is 0 Å². The lowest BCUT2D eigenvalue weighted by Crippen LogP contribution is -2.22. The predicted octanol–water partition coefficient (Wildman–Crippen LogP) is 6.33. The maximum atomic E-state index is 13.2. The van der Waals surface area contributed by atoms with Crippen LogP contribution in [0.15, 0.2) is 49.2 Å². The Morgan fingerprint density at radius 2 is 1.94 bits per heavy atom. The third-order valence-corrected chi connectivity index (χ3v) is 6.11. The molecular formula is C24H27Br2N3O3. The van der Waals surface area contributed by atoms with Crippen molar-refractivity contribution in [3.05, 3.63) is 61.0 Å². The molecule has 0 saturated carbocycles. The zero-order valence-corrected chi connectivity index (χ0v) is 21.9. The number of halogens is 2. The van der Waals surface area contributed by atoms with Crippen LogP contribution in [-0.2, 0) is 6.42 Å². The fraction of sp³-hybridized carbons (Fsp3) is 0.375. The normalized spacial score (nSPS) is 12.4. The molecule has 0 N–H and O–H groups in total. The van der Waals surface area contributed by atoms with E-state index in [-0.39, 0.29) is 11.7 Å². The standard InChI is InChI=1S/C24H27Br2N3O3/c1-5-8-23-28-20-10-9-17(25)12-18(20)24(30)29(23)27-14-16-11-21(31-7-3)22(13-19(16)26)32-15(4)6-2/h9-15H,5-8H2,1-4H3/t15-/m1/s1. The average molecular weight is 565 g/mol. The highest BCUT2D eigenvalue weighted by atomic mass is 79.9. The van der Waals surface area contributed by atoms with Crippen LogP contribution in [0.2, 0.25) is 0 Å². The van der Waals surface area contributed by atoms with Crippen LogP contribution in [0.4, 0.5) is 0 Å². The molecule has 2 aromatic carbocycles. The van der Waals surface area contributed by atoms with Gasteiger partial charge in [-0.05, 0) is 73.0 Å². The average Bonchev–Trinajstić information content (AvgIpc) is 2.76. The molecule has 1 atom stereocenters. The summed E-state index contributed by atoms with van der Waals surface area (Å²) in [6.45, 7) is 8.58. The van der Waals surface area contributed by atoms with Crippen LogP contribution < -0.4 is 15.0 Å². The number of aromatic nitrogens is 2. The van der Waals surface area contributed by atoms with Gasteiger partial charge in [0.1, 0.15) is 5.82 Å². The molecule has 3 rings (SSSR count). The quantitative estimate of drug-likeness (QED) is 0.285. The van der Waals surface area contributed by atoms with Crippen molar-refractivity contribution < 1.29 is 9.47 Å². The molecule has 32 heavy (non-hydrogen) atoms. The molecule has 6 nitrogen and oxygen atoms in total. The highest BCUT2D eigenvalue weighted by Gasteiger charge is 2.14. The number of rotatable bonds is 9. The lowest BCUT2D eigenvalue weighted by molar-refractivity contribution is 0.203. The summed E-state index contributed by atoms with van der Waals surface area (Å²) in [7, 11) is 0. The highest BCUT2D eigenvalue weighted by molar-refractivity contribution is 9.10. The van der Waals surface area contributed by atoms with E-state index in [1.54, 1.807) is 12.3 Å². The van der Waals surface area contributed by atoms with E-state index in [1.165, 1.54) is 4.68 Å². The second-order valence-electron chi connectivity index (χ2n) is 7.39. The van der Waals surface area contributed by atoms with Gasteiger partial charge in [-0.25, -0.2) is 4.98 Å². The maximum absolute atomic E-state index is 13.2. The van der Waals surface area contributed by atoms with Crippen molar-refractivity contribution >= 4 is 49.0 Å². The molecule has 0 amide bonds. The Morgan fingerprint density at radius 1 is 1.16 bits per heavy atom. The molecular weight excluding hydrogens is 538 g/mol. The van der Waals surface area contributed by atoms with Crippen LogP contribution in [0.1, 0.15) is 51.9 Å². The van der Waals surface area contributed by atoms with E-state index in [4.69, 9.17) is 9.47 Å². The fourth-order valence-electron chi connectivity index (χ4n) is 3.13. The molecule has 8 heteroatoms. The predicted molar refractivity (Wildman–Crippen MR) is 136 cm³/mol. The SMILES string of the molecule is CCCc1nc2ccc(Br)cc2c(=O)n1N=Cc1cc(OCC)c(O[C@H](C)CC)cc1Br. The second-order valence-corrected chi connectivity index (χ2v) is 9.16. The van der Waals surface area contributed by atoms with E-state index < -0.39 is 0 Å². The minimum atomic E-state index is -0.200. The number of hydrogen-bond donors (Lipinski definition) is 0. The van der Waals surface area contributed by atoms with Crippen molar-refractivity contribution in [1.82, 2.24) is 9.66 Å². The van der Waals surface area contributed by atoms with Crippen LogP contribution in [0.5, 0.6) is 11.5 Å². The van der Waals surface area contributed by atoms with Crippen molar-refractivity contribution in [3.8, 4) is 11.5 Å². The summed E-state index contributed by atoms with van der Waals surface area (Å²) in [6.07, 6.45) is 4.10.